The lowest BCUT2D eigenvalue weighted by Gasteiger charge is -2.23. The molecule has 2 aromatic rings. The lowest BCUT2D eigenvalue weighted by molar-refractivity contribution is 0.0766. The average molecular weight is 379 g/mol. The number of amides is 1. The van der Waals surface area contributed by atoms with Gasteiger partial charge in [-0.1, -0.05) is 18.2 Å². The molecule has 26 heavy (non-hydrogen) atoms. The van der Waals surface area contributed by atoms with E-state index in [0.717, 1.165) is 37.2 Å². The van der Waals surface area contributed by atoms with E-state index in [0.29, 0.717) is 24.9 Å². The van der Waals surface area contributed by atoms with Crippen molar-refractivity contribution in [3.8, 4) is 5.75 Å². The van der Waals surface area contributed by atoms with Crippen molar-refractivity contribution in [3.63, 3.8) is 0 Å². The van der Waals surface area contributed by atoms with Crippen LogP contribution in [0.1, 0.15) is 34.9 Å². The van der Waals surface area contributed by atoms with Gasteiger partial charge in [-0.15, -0.1) is 12.4 Å². The van der Waals surface area contributed by atoms with Crippen LogP contribution in [-0.2, 0) is 0 Å². The molecule has 1 aliphatic rings. The number of para-hydroxylation sites is 1. The second kappa shape index (κ2) is 9.59. The van der Waals surface area contributed by atoms with Crippen molar-refractivity contribution in [1.82, 2.24) is 20.0 Å². The van der Waals surface area contributed by atoms with E-state index in [-0.39, 0.29) is 18.3 Å². The summed E-state index contributed by atoms with van der Waals surface area (Å²) < 4.78 is 7.68. The van der Waals surface area contributed by atoms with Crippen molar-refractivity contribution >= 4 is 18.3 Å². The molecule has 1 amide bonds. The van der Waals surface area contributed by atoms with Crippen LogP contribution in [0.3, 0.4) is 0 Å². The summed E-state index contributed by atoms with van der Waals surface area (Å²) in [5.74, 6) is 0.785. The minimum atomic E-state index is -0.0732. The van der Waals surface area contributed by atoms with E-state index in [9.17, 15) is 4.79 Å². The van der Waals surface area contributed by atoms with E-state index in [1.54, 1.807) is 18.0 Å². The Morgan fingerprint density at radius 1 is 1.38 bits per heavy atom. The number of hydrogen-bond acceptors (Lipinski definition) is 4. The third-order valence-corrected chi connectivity index (χ3v) is 4.60. The summed E-state index contributed by atoms with van der Waals surface area (Å²) >= 11 is 0. The molecule has 6 nitrogen and oxygen atoms in total. The van der Waals surface area contributed by atoms with Gasteiger partial charge in [-0.2, -0.15) is 5.10 Å². The number of likely N-dealkylation sites (N-methyl/N-ethyl adjacent to an activating group) is 1. The van der Waals surface area contributed by atoms with Crippen molar-refractivity contribution in [3.05, 3.63) is 47.8 Å². The van der Waals surface area contributed by atoms with Crippen LogP contribution in [0.15, 0.2) is 36.5 Å². The Morgan fingerprint density at radius 2 is 2.19 bits per heavy atom. The number of ether oxygens (including phenoxy) is 1. The van der Waals surface area contributed by atoms with Crippen LogP contribution in [0.25, 0.3) is 0 Å². The maximum absolute atomic E-state index is 12.5. The number of nitrogens with one attached hydrogen (secondary N) is 1. The van der Waals surface area contributed by atoms with Gasteiger partial charge in [0.15, 0.2) is 0 Å². The molecule has 0 bridgehead atoms. The molecule has 1 unspecified atom stereocenters. The van der Waals surface area contributed by atoms with Gasteiger partial charge in [0.05, 0.1) is 12.6 Å². The molecule has 0 radical (unpaired) electrons. The zero-order chi connectivity index (χ0) is 17.6. The van der Waals surface area contributed by atoms with E-state index in [4.69, 9.17) is 4.74 Å². The molecule has 1 aromatic carbocycles. The Hall–Kier alpha value is -2.05. The zero-order valence-electron chi connectivity index (χ0n) is 15.4. The first-order chi connectivity index (χ1) is 12.1. The fourth-order valence-corrected chi connectivity index (χ4v) is 3.02. The zero-order valence-corrected chi connectivity index (χ0v) is 16.2. The number of halogens is 1. The number of benzene rings is 1. The minimum absolute atomic E-state index is 0. The SMILES string of the molecule is Cc1ccccc1OCCN(C)C(=O)c1ccn(C2CCCNC2)n1.Cl. The lowest BCUT2D eigenvalue weighted by Crippen LogP contribution is -2.33. The Morgan fingerprint density at radius 3 is 2.92 bits per heavy atom. The van der Waals surface area contributed by atoms with Crippen LogP contribution in [0.5, 0.6) is 5.75 Å². The molecule has 0 spiro atoms. The standard InChI is InChI=1S/C19H26N4O2.ClH/c1-15-6-3-4-8-18(15)25-13-12-22(2)19(24)17-9-11-23(21-17)16-7-5-10-20-14-16;/h3-4,6,8-9,11,16,20H,5,7,10,12-14H2,1-2H3;1H. The largest absolute Gasteiger partial charge is 0.491 e. The molecule has 1 fully saturated rings. The number of piperidine rings is 1. The Kier molecular flexibility index (Phi) is 7.48. The summed E-state index contributed by atoms with van der Waals surface area (Å²) in [4.78, 5) is 14.2. The number of hydrogen-bond donors (Lipinski definition) is 1. The first kappa shape index (κ1) is 20.3. The molecule has 1 saturated heterocycles. The van der Waals surface area contributed by atoms with Gasteiger partial charge in [0.1, 0.15) is 18.1 Å². The predicted molar refractivity (Wildman–Crippen MR) is 104 cm³/mol. The number of aromatic nitrogens is 2. The maximum Gasteiger partial charge on any atom is 0.274 e. The molecule has 7 heteroatoms. The van der Waals surface area contributed by atoms with Crippen LogP contribution in [0, 0.1) is 6.92 Å². The molecule has 3 rings (SSSR count). The topological polar surface area (TPSA) is 59.4 Å². The van der Waals surface area contributed by atoms with Crippen LogP contribution >= 0.6 is 12.4 Å². The summed E-state index contributed by atoms with van der Waals surface area (Å²) in [5.41, 5.74) is 1.58. The maximum atomic E-state index is 12.5. The highest BCUT2D eigenvalue weighted by Gasteiger charge is 2.19. The van der Waals surface area contributed by atoms with Gasteiger partial charge < -0.3 is 15.0 Å². The number of nitrogens with zero attached hydrogens (tertiary/aromatic N) is 3. The van der Waals surface area contributed by atoms with Gasteiger partial charge in [-0.3, -0.25) is 9.48 Å². The number of aryl methyl sites for hydroxylation is 1. The number of carbonyl (C=O) groups is 1. The highest BCUT2D eigenvalue weighted by Crippen LogP contribution is 2.17. The number of carbonyl (C=O) groups excluding carboxylic acids is 1. The number of rotatable bonds is 6. The third-order valence-electron chi connectivity index (χ3n) is 4.60. The second-order valence-corrected chi connectivity index (χ2v) is 6.52. The van der Waals surface area contributed by atoms with E-state index in [2.05, 4.69) is 10.4 Å². The summed E-state index contributed by atoms with van der Waals surface area (Å²) in [6.45, 7) is 4.96. The normalized spacial score (nSPS) is 16.6. The fourth-order valence-electron chi connectivity index (χ4n) is 3.02. The van der Waals surface area contributed by atoms with Crippen LogP contribution < -0.4 is 10.1 Å². The highest BCUT2D eigenvalue weighted by atomic mass is 35.5. The Balaban J connectivity index is 0.00000243. The van der Waals surface area contributed by atoms with Gasteiger partial charge in [0.25, 0.3) is 5.91 Å². The van der Waals surface area contributed by atoms with Crippen LogP contribution in [0.2, 0.25) is 0 Å². The van der Waals surface area contributed by atoms with Crippen LogP contribution in [0.4, 0.5) is 0 Å². The van der Waals surface area contributed by atoms with Gasteiger partial charge >= 0.3 is 0 Å². The Labute approximate surface area is 160 Å². The van der Waals surface area contributed by atoms with Crippen molar-refractivity contribution in [1.29, 1.82) is 0 Å². The summed E-state index contributed by atoms with van der Waals surface area (Å²) in [5, 5.41) is 7.85. The molecule has 0 saturated carbocycles. The quantitative estimate of drug-likeness (QED) is 0.839. The molecule has 1 aromatic heterocycles. The third kappa shape index (κ3) is 4.99. The van der Waals surface area contributed by atoms with Crippen molar-refractivity contribution in [2.75, 3.05) is 33.3 Å². The molecule has 1 aliphatic heterocycles. The van der Waals surface area contributed by atoms with Crippen molar-refractivity contribution < 1.29 is 9.53 Å². The van der Waals surface area contributed by atoms with Gasteiger partial charge in [0, 0.05) is 19.8 Å². The molecule has 1 N–H and O–H groups in total. The molecular weight excluding hydrogens is 352 g/mol. The summed E-state index contributed by atoms with van der Waals surface area (Å²) in [6, 6.07) is 10.0. The summed E-state index contributed by atoms with van der Waals surface area (Å²) in [6.07, 6.45) is 4.15. The van der Waals surface area contributed by atoms with Gasteiger partial charge in [0.2, 0.25) is 0 Å². The first-order valence-electron chi connectivity index (χ1n) is 8.85. The fraction of sp³-hybridized carbons (Fsp3) is 0.474. The monoisotopic (exact) mass is 378 g/mol. The molecular formula is C19H27ClN4O2. The van der Waals surface area contributed by atoms with E-state index in [1.165, 1.54) is 0 Å². The van der Waals surface area contributed by atoms with Crippen LogP contribution in [-0.4, -0.2) is 53.9 Å². The minimum Gasteiger partial charge on any atom is -0.491 e. The smallest absolute Gasteiger partial charge is 0.274 e. The summed E-state index contributed by atoms with van der Waals surface area (Å²) in [7, 11) is 1.78. The van der Waals surface area contributed by atoms with Crippen molar-refractivity contribution in [2.45, 2.75) is 25.8 Å². The average Bonchev–Trinajstić information content (AvgIpc) is 3.13. The first-order valence-corrected chi connectivity index (χ1v) is 8.85. The Bertz CT molecular complexity index is 713. The highest BCUT2D eigenvalue weighted by molar-refractivity contribution is 5.92. The van der Waals surface area contributed by atoms with Gasteiger partial charge in [-0.25, -0.2) is 0 Å². The molecule has 1 atom stereocenters. The molecule has 142 valence electrons. The predicted octanol–water partition coefficient (Wildman–Crippen LogP) is 2.69. The van der Waals surface area contributed by atoms with Crippen molar-refractivity contribution in [2.24, 2.45) is 0 Å². The second-order valence-electron chi connectivity index (χ2n) is 6.52. The van der Waals surface area contributed by atoms with E-state index in [1.807, 2.05) is 42.1 Å². The molecule has 0 aliphatic carbocycles. The van der Waals surface area contributed by atoms with E-state index >= 15 is 0 Å². The lowest BCUT2D eigenvalue weighted by atomic mass is 10.1. The molecule has 2 heterocycles. The van der Waals surface area contributed by atoms with Gasteiger partial charge in [-0.05, 0) is 44.0 Å². The van der Waals surface area contributed by atoms with E-state index < -0.39 is 0 Å².